The summed E-state index contributed by atoms with van der Waals surface area (Å²) in [6.07, 6.45) is 1.79. The zero-order valence-corrected chi connectivity index (χ0v) is 13.8. The maximum atomic E-state index is 6.07. The van der Waals surface area contributed by atoms with Gasteiger partial charge in [0.1, 0.15) is 11.4 Å². The molecule has 0 radical (unpaired) electrons. The van der Waals surface area contributed by atoms with Gasteiger partial charge in [-0.25, -0.2) is 4.98 Å². The Hall–Kier alpha value is -2.37. The molecule has 0 atom stereocenters. The predicted octanol–water partition coefficient (Wildman–Crippen LogP) is 5.02. The molecule has 0 spiro atoms. The van der Waals surface area contributed by atoms with Crippen LogP contribution in [0.15, 0.2) is 47.3 Å². The van der Waals surface area contributed by atoms with Crippen LogP contribution in [0.2, 0.25) is 5.02 Å². The fourth-order valence-corrected chi connectivity index (χ4v) is 3.48. The standard InChI is InChI=1S/C17H12ClN3OS/c1-22-14-8-11(18)2-3-13(14)16-15-12(10-5-7-23-9-10)4-6-19-17(15)21-20-16/h2-9H,1H3,(H,19,20,21). The highest BCUT2D eigenvalue weighted by Gasteiger charge is 2.17. The minimum Gasteiger partial charge on any atom is -0.496 e. The molecule has 3 aromatic heterocycles. The van der Waals surface area contributed by atoms with Crippen molar-refractivity contribution in [2.24, 2.45) is 0 Å². The second-order valence-corrected chi connectivity index (χ2v) is 6.23. The molecule has 1 aromatic carbocycles. The summed E-state index contributed by atoms with van der Waals surface area (Å²) in [6.45, 7) is 0. The number of methoxy groups -OCH3 is 1. The highest BCUT2D eigenvalue weighted by atomic mass is 35.5. The quantitative estimate of drug-likeness (QED) is 0.569. The molecule has 4 nitrogen and oxygen atoms in total. The molecule has 4 rings (SSSR count). The smallest absolute Gasteiger partial charge is 0.156 e. The summed E-state index contributed by atoms with van der Waals surface area (Å²) in [5.74, 6) is 0.686. The van der Waals surface area contributed by atoms with E-state index in [4.69, 9.17) is 16.3 Å². The van der Waals surface area contributed by atoms with Gasteiger partial charge in [0.05, 0.1) is 12.5 Å². The number of nitrogens with one attached hydrogen (secondary N) is 1. The minimum atomic E-state index is 0.627. The molecule has 6 heteroatoms. The number of H-pyrrole nitrogens is 1. The highest BCUT2D eigenvalue weighted by molar-refractivity contribution is 7.08. The first kappa shape index (κ1) is 14.2. The number of hydrogen-bond acceptors (Lipinski definition) is 4. The van der Waals surface area contributed by atoms with Crippen molar-refractivity contribution >= 4 is 34.0 Å². The van der Waals surface area contributed by atoms with Crippen LogP contribution in [0.3, 0.4) is 0 Å². The monoisotopic (exact) mass is 341 g/mol. The number of aromatic amines is 1. The van der Waals surface area contributed by atoms with Crippen molar-refractivity contribution in [1.82, 2.24) is 15.2 Å². The molecule has 114 valence electrons. The van der Waals surface area contributed by atoms with Crippen LogP contribution < -0.4 is 4.74 Å². The van der Waals surface area contributed by atoms with Crippen LogP contribution in [0.1, 0.15) is 0 Å². The fourth-order valence-electron chi connectivity index (χ4n) is 2.66. The Balaban J connectivity index is 2.02. The molecule has 4 aromatic rings. The number of ether oxygens (including phenoxy) is 1. The molecular formula is C17H12ClN3OS. The molecular weight excluding hydrogens is 330 g/mol. The van der Waals surface area contributed by atoms with Crippen LogP contribution in [-0.4, -0.2) is 22.3 Å². The molecule has 0 saturated carbocycles. The van der Waals surface area contributed by atoms with Crippen LogP contribution in [0.25, 0.3) is 33.4 Å². The highest BCUT2D eigenvalue weighted by Crippen LogP contribution is 2.39. The molecule has 0 unspecified atom stereocenters. The summed E-state index contributed by atoms with van der Waals surface area (Å²) in [5, 5.41) is 13.3. The Labute approximate surface area is 141 Å². The first-order valence-electron chi connectivity index (χ1n) is 6.97. The van der Waals surface area contributed by atoms with Gasteiger partial charge in [0.25, 0.3) is 0 Å². The lowest BCUT2D eigenvalue weighted by Crippen LogP contribution is -1.89. The van der Waals surface area contributed by atoms with Crippen LogP contribution >= 0.6 is 22.9 Å². The molecule has 0 amide bonds. The first-order valence-corrected chi connectivity index (χ1v) is 8.29. The van der Waals surface area contributed by atoms with E-state index in [2.05, 4.69) is 32.0 Å². The van der Waals surface area contributed by atoms with Crippen LogP contribution in [-0.2, 0) is 0 Å². The summed E-state index contributed by atoms with van der Waals surface area (Å²) < 4.78 is 5.47. The molecule has 0 bridgehead atoms. The minimum absolute atomic E-state index is 0.627. The third-order valence-corrected chi connectivity index (χ3v) is 4.63. The number of thiophene rings is 1. The van der Waals surface area contributed by atoms with Gasteiger partial charge in [-0.3, -0.25) is 5.10 Å². The second-order valence-electron chi connectivity index (χ2n) is 5.01. The summed E-state index contributed by atoms with van der Waals surface area (Å²) in [5.41, 5.74) is 4.69. The van der Waals surface area contributed by atoms with Crippen molar-refractivity contribution in [3.63, 3.8) is 0 Å². The maximum Gasteiger partial charge on any atom is 0.156 e. The number of pyridine rings is 1. The normalized spacial score (nSPS) is 11.0. The van der Waals surface area contributed by atoms with Crippen molar-refractivity contribution in [3.8, 4) is 28.1 Å². The molecule has 0 aliphatic carbocycles. The Kier molecular flexibility index (Phi) is 3.52. The van der Waals surface area contributed by atoms with Crippen molar-refractivity contribution in [1.29, 1.82) is 0 Å². The third-order valence-electron chi connectivity index (χ3n) is 3.71. The Morgan fingerprint density at radius 3 is 2.87 bits per heavy atom. The van der Waals surface area contributed by atoms with Gasteiger partial charge in [0.2, 0.25) is 0 Å². The van der Waals surface area contributed by atoms with Crippen molar-refractivity contribution in [3.05, 3.63) is 52.3 Å². The SMILES string of the molecule is COc1cc(Cl)ccc1-c1n[nH]c2nccc(-c3ccsc3)c12. The summed E-state index contributed by atoms with van der Waals surface area (Å²) >= 11 is 7.73. The van der Waals surface area contributed by atoms with Crippen molar-refractivity contribution in [2.75, 3.05) is 7.11 Å². The number of benzene rings is 1. The van der Waals surface area contributed by atoms with Gasteiger partial charge in [-0.1, -0.05) is 11.6 Å². The molecule has 3 heterocycles. The van der Waals surface area contributed by atoms with E-state index in [0.717, 1.165) is 33.4 Å². The van der Waals surface area contributed by atoms with Gasteiger partial charge in [0, 0.05) is 16.8 Å². The number of fused-ring (bicyclic) bond motifs is 1. The van der Waals surface area contributed by atoms with Gasteiger partial charge < -0.3 is 4.74 Å². The zero-order valence-electron chi connectivity index (χ0n) is 12.2. The Morgan fingerprint density at radius 1 is 1.17 bits per heavy atom. The average Bonchev–Trinajstić information content (AvgIpc) is 3.24. The van der Waals surface area contributed by atoms with E-state index in [1.165, 1.54) is 0 Å². The molecule has 0 saturated heterocycles. The third kappa shape index (κ3) is 2.38. The lowest BCUT2D eigenvalue weighted by molar-refractivity contribution is 0.416. The van der Waals surface area contributed by atoms with E-state index in [1.807, 2.05) is 18.2 Å². The Morgan fingerprint density at radius 2 is 2.09 bits per heavy atom. The number of hydrogen-bond donors (Lipinski definition) is 1. The van der Waals surface area contributed by atoms with Crippen LogP contribution in [0.5, 0.6) is 5.75 Å². The summed E-state index contributed by atoms with van der Waals surface area (Å²) in [6, 6.07) is 9.64. The van der Waals surface area contributed by atoms with Crippen LogP contribution in [0.4, 0.5) is 0 Å². The number of nitrogens with zero attached hydrogens (tertiary/aromatic N) is 2. The van der Waals surface area contributed by atoms with E-state index in [-0.39, 0.29) is 0 Å². The molecule has 0 aliphatic heterocycles. The Bertz CT molecular complexity index is 979. The van der Waals surface area contributed by atoms with E-state index < -0.39 is 0 Å². The number of rotatable bonds is 3. The predicted molar refractivity (Wildman–Crippen MR) is 94.2 cm³/mol. The number of aromatic nitrogens is 3. The van der Waals surface area contributed by atoms with E-state index in [0.29, 0.717) is 10.8 Å². The molecule has 0 aliphatic rings. The van der Waals surface area contributed by atoms with Crippen LogP contribution in [0, 0.1) is 0 Å². The number of halogens is 1. The lowest BCUT2D eigenvalue weighted by Gasteiger charge is -2.08. The lowest BCUT2D eigenvalue weighted by atomic mass is 10.0. The summed E-state index contributed by atoms with van der Waals surface area (Å²) in [4.78, 5) is 4.39. The van der Waals surface area contributed by atoms with E-state index in [9.17, 15) is 0 Å². The fraction of sp³-hybridized carbons (Fsp3) is 0.0588. The van der Waals surface area contributed by atoms with Gasteiger partial charge in [-0.15, -0.1) is 0 Å². The van der Waals surface area contributed by atoms with E-state index >= 15 is 0 Å². The second kappa shape index (κ2) is 5.68. The molecule has 0 fully saturated rings. The topological polar surface area (TPSA) is 50.8 Å². The van der Waals surface area contributed by atoms with Gasteiger partial charge in [-0.05, 0) is 52.2 Å². The van der Waals surface area contributed by atoms with Gasteiger partial charge in [-0.2, -0.15) is 16.4 Å². The van der Waals surface area contributed by atoms with Crippen molar-refractivity contribution in [2.45, 2.75) is 0 Å². The average molecular weight is 342 g/mol. The van der Waals surface area contributed by atoms with Gasteiger partial charge in [0.15, 0.2) is 5.65 Å². The summed E-state index contributed by atoms with van der Waals surface area (Å²) in [7, 11) is 1.63. The first-order chi connectivity index (χ1) is 11.3. The molecule has 1 N–H and O–H groups in total. The van der Waals surface area contributed by atoms with Gasteiger partial charge >= 0.3 is 0 Å². The maximum absolute atomic E-state index is 6.07. The largest absolute Gasteiger partial charge is 0.496 e. The van der Waals surface area contributed by atoms with Crippen molar-refractivity contribution < 1.29 is 4.74 Å². The molecule has 23 heavy (non-hydrogen) atoms. The zero-order chi connectivity index (χ0) is 15.8. The van der Waals surface area contributed by atoms with E-state index in [1.54, 1.807) is 30.7 Å².